The number of halogens is 1. The molecule has 2 aromatic carbocycles. The molecule has 0 fully saturated rings. The number of rotatable bonds is 6. The monoisotopic (exact) mass is 370 g/mol. The molecule has 0 saturated carbocycles. The summed E-state index contributed by atoms with van der Waals surface area (Å²) in [5.74, 6) is -0.950. The highest BCUT2D eigenvalue weighted by atomic mass is 35.5. The maximum Gasteiger partial charge on any atom is 0.335 e. The number of hydrogen-bond donors (Lipinski definition) is 1. The van der Waals surface area contributed by atoms with Gasteiger partial charge in [-0.25, -0.2) is 9.48 Å². The van der Waals surface area contributed by atoms with E-state index in [1.807, 2.05) is 44.6 Å². The minimum absolute atomic E-state index is 0.0487. The van der Waals surface area contributed by atoms with Crippen LogP contribution in [-0.2, 0) is 6.54 Å². The highest BCUT2D eigenvalue weighted by Gasteiger charge is 2.18. The highest BCUT2D eigenvalue weighted by molar-refractivity contribution is 6.31. The topological polar surface area (TPSA) is 71.2 Å². The molecule has 0 aliphatic rings. The highest BCUT2D eigenvalue weighted by Crippen LogP contribution is 2.27. The van der Waals surface area contributed by atoms with E-state index in [-0.39, 0.29) is 11.6 Å². The van der Waals surface area contributed by atoms with Gasteiger partial charge in [0.1, 0.15) is 5.69 Å². The number of aromatic nitrogens is 3. The molecule has 0 aliphatic heterocycles. The van der Waals surface area contributed by atoms with E-state index in [1.54, 1.807) is 28.9 Å². The Hall–Kier alpha value is -2.70. The molecule has 134 valence electrons. The van der Waals surface area contributed by atoms with E-state index in [9.17, 15) is 4.79 Å². The summed E-state index contributed by atoms with van der Waals surface area (Å²) in [5.41, 5.74) is 2.79. The van der Waals surface area contributed by atoms with Crippen LogP contribution in [0.5, 0.6) is 0 Å². The minimum atomic E-state index is -0.950. The quantitative estimate of drug-likeness (QED) is 0.717. The van der Waals surface area contributed by atoms with E-state index in [2.05, 4.69) is 15.2 Å². The Morgan fingerprint density at radius 2 is 1.88 bits per heavy atom. The molecule has 0 saturated heterocycles. The van der Waals surface area contributed by atoms with Gasteiger partial charge in [-0.15, -0.1) is 5.10 Å². The zero-order chi connectivity index (χ0) is 18.7. The summed E-state index contributed by atoms with van der Waals surface area (Å²) in [7, 11) is 3.99. The molecular weight excluding hydrogens is 352 g/mol. The zero-order valence-corrected chi connectivity index (χ0v) is 15.3. The van der Waals surface area contributed by atoms with Crippen molar-refractivity contribution in [3.8, 4) is 11.3 Å². The normalized spacial score (nSPS) is 12.3. The smallest absolute Gasteiger partial charge is 0.335 e. The summed E-state index contributed by atoms with van der Waals surface area (Å²) >= 11 is 6.35. The van der Waals surface area contributed by atoms with Crippen molar-refractivity contribution in [2.75, 3.05) is 14.1 Å². The number of benzene rings is 2. The Morgan fingerprint density at radius 1 is 1.19 bits per heavy atom. The Labute approximate surface area is 156 Å². The average Bonchev–Trinajstić information content (AvgIpc) is 3.09. The second-order valence-electron chi connectivity index (χ2n) is 6.21. The molecule has 26 heavy (non-hydrogen) atoms. The van der Waals surface area contributed by atoms with Crippen LogP contribution < -0.4 is 0 Å². The van der Waals surface area contributed by atoms with Crippen LogP contribution in [0.4, 0.5) is 0 Å². The number of nitrogens with zero attached hydrogens (tertiary/aromatic N) is 4. The fraction of sp³-hybridized carbons (Fsp3) is 0.211. The van der Waals surface area contributed by atoms with E-state index in [4.69, 9.17) is 16.7 Å². The van der Waals surface area contributed by atoms with Crippen molar-refractivity contribution < 1.29 is 9.90 Å². The van der Waals surface area contributed by atoms with E-state index in [0.29, 0.717) is 12.2 Å². The third-order valence-electron chi connectivity index (χ3n) is 4.21. The molecule has 0 aliphatic carbocycles. The van der Waals surface area contributed by atoms with Gasteiger partial charge in [0.25, 0.3) is 0 Å². The molecule has 6 nitrogen and oxygen atoms in total. The number of carbonyl (C=O) groups is 1. The molecule has 3 rings (SSSR count). The van der Waals surface area contributed by atoms with Gasteiger partial charge >= 0.3 is 5.97 Å². The molecule has 0 bridgehead atoms. The lowest BCUT2D eigenvalue weighted by atomic mass is 10.1. The standard InChI is InChI=1S/C19H19ClN4O2/c1-23(2)18(15-5-3-4-6-16(15)20)12-24-11-17(21-22-24)13-7-9-14(10-8-13)19(25)26/h3-11,18H,12H2,1-2H3,(H,25,26)/t18-/m1/s1. The van der Waals surface area contributed by atoms with Crippen LogP contribution >= 0.6 is 11.6 Å². The van der Waals surface area contributed by atoms with Crippen molar-refractivity contribution >= 4 is 17.6 Å². The van der Waals surface area contributed by atoms with Gasteiger partial charge in [0.05, 0.1) is 24.3 Å². The lowest BCUT2D eigenvalue weighted by Gasteiger charge is -2.25. The van der Waals surface area contributed by atoms with Crippen LogP contribution in [0.25, 0.3) is 11.3 Å². The number of likely N-dealkylation sites (N-methyl/N-ethyl adjacent to an activating group) is 1. The van der Waals surface area contributed by atoms with Gasteiger partial charge in [-0.05, 0) is 37.9 Å². The number of aromatic carboxylic acids is 1. The molecule has 0 radical (unpaired) electrons. The first kappa shape index (κ1) is 18.1. The molecule has 0 unspecified atom stereocenters. The second kappa shape index (κ2) is 7.68. The Bertz CT molecular complexity index is 906. The first-order valence-corrected chi connectivity index (χ1v) is 8.48. The van der Waals surface area contributed by atoms with Crippen LogP contribution in [0.15, 0.2) is 54.7 Å². The Balaban J connectivity index is 1.82. The third-order valence-corrected chi connectivity index (χ3v) is 4.56. The molecule has 0 spiro atoms. The number of carboxylic acid groups (broad SMARTS) is 1. The first-order chi connectivity index (χ1) is 12.5. The molecule has 1 N–H and O–H groups in total. The predicted octanol–water partition coefficient (Wildman–Crippen LogP) is 3.60. The Kier molecular flexibility index (Phi) is 5.35. The molecule has 7 heteroatoms. The van der Waals surface area contributed by atoms with Crippen LogP contribution in [-0.4, -0.2) is 45.1 Å². The van der Waals surface area contributed by atoms with Crippen molar-refractivity contribution in [2.24, 2.45) is 0 Å². The van der Waals surface area contributed by atoms with Crippen molar-refractivity contribution in [3.63, 3.8) is 0 Å². The van der Waals surface area contributed by atoms with Crippen molar-refractivity contribution in [1.29, 1.82) is 0 Å². The van der Waals surface area contributed by atoms with Crippen LogP contribution in [0, 0.1) is 0 Å². The summed E-state index contributed by atoms with van der Waals surface area (Å²) in [6.07, 6.45) is 1.85. The molecule has 1 aromatic heterocycles. The average molecular weight is 371 g/mol. The fourth-order valence-electron chi connectivity index (χ4n) is 2.77. The molecular formula is C19H19ClN4O2. The van der Waals surface area contributed by atoms with Gasteiger partial charge in [-0.1, -0.05) is 47.1 Å². The van der Waals surface area contributed by atoms with E-state index in [0.717, 1.165) is 16.1 Å². The summed E-state index contributed by atoms with van der Waals surface area (Å²) in [6.45, 7) is 0.594. The van der Waals surface area contributed by atoms with E-state index < -0.39 is 5.97 Å². The zero-order valence-electron chi connectivity index (χ0n) is 14.5. The minimum Gasteiger partial charge on any atom is -0.478 e. The third kappa shape index (κ3) is 3.92. The van der Waals surface area contributed by atoms with Crippen molar-refractivity contribution in [1.82, 2.24) is 19.9 Å². The van der Waals surface area contributed by atoms with Gasteiger partial charge < -0.3 is 10.0 Å². The molecule has 1 atom stereocenters. The maximum absolute atomic E-state index is 11.0. The largest absolute Gasteiger partial charge is 0.478 e. The SMILES string of the molecule is CN(C)[C@H](Cn1cc(-c2ccc(C(=O)O)cc2)nn1)c1ccccc1Cl. The molecule has 1 heterocycles. The van der Waals surface area contributed by atoms with E-state index >= 15 is 0 Å². The van der Waals surface area contributed by atoms with Gasteiger partial charge in [-0.2, -0.15) is 0 Å². The van der Waals surface area contributed by atoms with E-state index in [1.165, 1.54) is 0 Å². The maximum atomic E-state index is 11.0. The van der Waals surface area contributed by atoms with Gasteiger partial charge in [0, 0.05) is 10.6 Å². The van der Waals surface area contributed by atoms with Crippen LogP contribution in [0.1, 0.15) is 22.0 Å². The van der Waals surface area contributed by atoms with Crippen molar-refractivity contribution in [3.05, 3.63) is 70.9 Å². The van der Waals surface area contributed by atoms with Gasteiger partial charge in [-0.3, -0.25) is 0 Å². The number of carboxylic acids is 1. The summed E-state index contributed by atoms with van der Waals surface area (Å²) in [4.78, 5) is 13.0. The summed E-state index contributed by atoms with van der Waals surface area (Å²) < 4.78 is 1.77. The van der Waals surface area contributed by atoms with Gasteiger partial charge in [0.15, 0.2) is 0 Å². The fourth-order valence-corrected chi connectivity index (χ4v) is 3.03. The first-order valence-electron chi connectivity index (χ1n) is 8.10. The Morgan fingerprint density at radius 3 is 2.50 bits per heavy atom. The predicted molar refractivity (Wildman–Crippen MR) is 100 cm³/mol. The molecule has 3 aromatic rings. The van der Waals surface area contributed by atoms with Crippen LogP contribution in [0.3, 0.4) is 0 Å². The summed E-state index contributed by atoms with van der Waals surface area (Å²) in [6, 6.07) is 14.4. The van der Waals surface area contributed by atoms with Crippen molar-refractivity contribution in [2.45, 2.75) is 12.6 Å². The molecule has 0 amide bonds. The second-order valence-corrected chi connectivity index (χ2v) is 6.62. The van der Waals surface area contributed by atoms with Gasteiger partial charge in [0.2, 0.25) is 0 Å². The lowest BCUT2D eigenvalue weighted by molar-refractivity contribution is 0.0697. The summed E-state index contributed by atoms with van der Waals surface area (Å²) in [5, 5.41) is 18.1. The van der Waals surface area contributed by atoms with Crippen LogP contribution in [0.2, 0.25) is 5.02 Å². The lowest BCUT2D eigenvalue weighted by Crippen LogP contribution is -2.25. The number of hydrogen-bond acceptors (Lipinski definition) is 4.